The summed E-state index contributed by atoms with van der Waals surface area (Å²) in [5.74, 6) is 0.479. The van der Waals surface area contributed by atoms with Gasteiger partial charge in [-0.05, 0) is 28.1 Å². The fourth-order valence-electron chi connectivity index (χ4n) is 2.03. The van der Waals surface area contributed by atoms with Gasteiger partial charge in [0.1, 0.15) is 5.52 Å². The maximum Gasteiger partial charge on any atom is 0.416 e. The Morgan fingerprint density at radius 1 is 1.55 bits per heavy atom. The van der Waals surface area contributed by atoms with Crippen LogP contribution in [0.4, 0.5) is 10.5 Å². The summed E-state index contributed by atoms with van der Waals surface area (Å²) in [6, 6.07) is 3.80. The third kappa shape index (κ3) is 2.11. The number of carbonyl (C=O) groups excluding carboxylic acids is 1. The molecule has 2 aromatic rings. The van der Waals surface area contributed by atoms with Gasteiger partial charge in [-0.1, -0.05) is 0 Å². The number of guanidine groups is 1. The molecule has 1 amide bonds. The van der Waals surface area contributed by atoms with Crippen LogP contribution in [-0.4, -0.2) is 47.1 Å². The topological polar surface area (TPSA) is 82.6 Å². The minimum Gasteiger partial charge on any atom is -0.452 e. The monoisotopic (exact) mass is 337 g/mol. The summed E-state index contributed by atoms with van der Waals surface area (Å²) in [4.78, 5) is 24.6. The molecule has 2 heterocycles. The molecule has 0 bridgehead atoms. The molecule has 104 valence electrons. The number of ether oxygens (including phenoxy) is 1. The summed E-state index contributed by atoms with van der Waals surface area (Å²) >= 11 is 3.51. The second kappa shape index (κ2) is 5.12. The molecule has 8 heteroatoms. The minimum absolute atomic E-state index is 0.425. The van der Waals surface area contributed by atoms with Gasteiger partial charge in [0.25, 0.3) is 0 Å². The highest BCUT2D eigenvalue weighted by molar-refractivity contribution is 9.10. The molecule has 0 atom stereocenters. The number of hydrogen-bond donors (Lipinski definition) is 2. The fourth-order valence-corrected chi connectivity index (χ4v) is 2.58. The predicted molar refractivity (Wildman–Crippen MR) is 78.8 cm³/mol. The van der Waals surface area contributed by atoms with Crippen LogP contribution in [0.25, 0.3) is 11.0 Å². The number of aromatic amines is 1. The third-order valence-electron chi connectivity index (χ3n) is 3.01. The standard InChI is InChI=1S/C12H12BrN5O2/c1-20-12(19)18-5-4-14-11(18)17-7-2-3-8-10(9(7)13)16-6-15-8/h2-3,6H,4-5H2,1H3,(H,14,17)(H,15,16). The highest BCUT2D eigenvalue weighted by Crippen LogP contribution is 2.29. The van der Waals surface area contributed by atoms with Crippen LogP contribution in [0.5, 0.6) is 0 Å². The molecular weight excluding hydrogens is 326 g/mol. The molecule has 1 aromatic carbocycles. The first-order chi connectivity index (χ1) is 9.70. The molecule has 0 saturated carbocycles. The van der Waals surface area contributed by atoms with E-state index >= 15 is 0 Å². The number of methoxy groups -OCH3 is 1. The summed E-state index contributed by atoms with van der Waals surface area (Å²) in [5.41, 5.74) is 2.54. The van der Waals surface area contributed by atoms with E-state index in [4.69, 9.17) is 4.74 Å². The summed E-state index contributed by atoms with van der Waals surface area (Å²) in [5, 5.41) is 3.13. The normalized spacial score (nSPS) is 14.5. The molecule has 20 heavy (non-hydrogen) atoms. The number of nitrogens with one attached hydrogen (secondary N) is 2. The molecule has 0 aliphatic carbocycles. The predicted octanol–water partition coefficient (Wildman–Crippen LogP) is 2.18. The van der Waals surface area contributed by atoms with E-state index in [2.05, 4.69) is 36.2 Å². The van der Waals surface area contributed by atoms with Crippen LogP contribution in [-0.2, 0) is 4.74 Å². The van der Waals surface area contributed by atoms with Gasteiger partial charge in [-0.2, -0.15) is 0 Å². The number of nitrogens with zero attached hydrogens (tertiary/aromatic N) is 3. The van der Waals surface area contributed by atoms with Crippen molar-refractivity contribution in [3.8, 4) is 0 Å². The number of fused-ring (bicyclic) bond motifs is 1. The third-order valence-corrected chi connectivity index (χ3v) is 3.81. The van der Waals surface area contributed by atoms with Crippen LogP contribution in [0, 0.1) is 0 Å². The van der Waals surface area contributed by atoms with Crippen LogP contribution in [0.3, 0.4) is 0 Å². The number of benzene rings is 1. The molecule has 0 fully saturated rings. The van der Waals surface area contributed by atoms with E-state index in [-0.39, 0.29) is 0 Å². The van der Waals surface area contributed by atoms with Gasteiger partial charge in [0.05, 0.1) is 42.2 Å². The molecule has 0 spiro atoms. The molecule has 7 nitrogen and oxygen atoms in total. The molecule has 1 aliphatic heterocycles. The van der Waals surface area contributed by atoms with Crippen molar-refractivity contribution >= 4 is 44.7 Å². The van der Waals surface area contributed by atoms with Crippen molar-refractivity contribution in [3.63, 3.8) is 0 Å². The van der Waals surface area contributed by atoms with E-state index in [0.717, 1.165) is 21.2 Å². The van der Waals surface area contributed by atoms with Gasteiger partial charge in [0.2, 0.25) is 5.96 Å². The van der Waals surface area contributed by atoms with Gasteiger partial charge in [0, 0.05) is 0 Å². The van der Waals surface area contributed by atoms with Crippen LogP contribution in [0.15, 0.2) is 27.9 Å². The zero-order valence-corrected chi connectivity index (χ0v) is 12.3. The Balaban J connectivity index is 1.89. The van der Waals surface area contributed by atoms with Gasteiger partial charge in [-0.3, -0.25) is 4.99 Å². The highest BCUT2D eigenvalue weighted by Gasteiger charge is 2.25. The van der Waals surface area contributed by atoms with Gasteiger partial charge >= 0.3 is 6.09 Å². The summed E-state index contributed by atoms with van der Waals surface area (Å²) in [7, 11) is 1.35. The Morgan fingerprint density at radius 3 is 3.20 bits per heavy atom. The molecule has 0 unspecified atom stereocenters. The molecule has 1 aliphatic rings. The Kier molecular flexibility index (Phi) is 3.31. The van der Waals surface area contributed by atoms with E-state index < -0.39 is 6.09 Å². The number of amides is 1. The molecule has 0 radical (unpaired) electrons. The van der Waals surface area contributed by atoms with Crippen LogP contribution < -0.4 is 5.32 Å². The first kappa shape index (κ1) is 12.9. The minimum atomic E-state index is -0.425. The molecule has 3 rings (SSSR count). The zero-order chi connectivity index (χ0) is 14.1. The molecule has 1 aromatic heterocycles. The first-order valence-electron chi connectivity index (χ1n) is 5.99. The number of anilines is 1. The van der Waals surface area contributed by atoms with E-state index in [1.165, 1.54) is 12.0 Å². The number of halogens is 1. The van der Waals surface area contributed by atoms with Crippen molar-refractivity contribution in [2.24, 2.45) is 4.99 Å². The maximum absolute atomic E-state index is 11.6. The number of rotatable bonds is 1. The van der Waals surface area contributed by atoms with Crippen LogP contribution >= 0.6 is 15.9 Å². The van der Waals surface area contributed by atoms with E-state index in [1.807, 2.05) is 12.1 Å². The lowest BCUT2D eigenvalue weighted by atomic mass is 10.3. The summed E-state index contributed by atoms with van der Waals surface area (Å²) in [6.07, 6.45) is 1.21. The van der Waals surface area contributed by atoms with E-state index in [0.29, 0.717) is 19.0 Å². The number of H-pyrrole nitrogens is 1. The fraction of sp³-hybridized carbons (Fsp3) is 0.250. The number of aliphatic imine (C=N–C) groups is 1. The van der Waals surface area contributed by atoms with Crippen LogP contribution in [0.1, 0.15) is 0 Å². The van der Waals surface area contributed by atoms with Crippen molar-refractivity contribution in [2.75, 3.05) is 25.5 Å². The van der Waals surface area contributed by atoms with Crippen molar-refractivity contribution in [3.05, 3.63) is 22.9 Å². The lowest BCUT2D eigenvalue weighted by Gasteiger charge is -2.18. The lowest BCUT2D eigenvalue weighted by Crippen LogP contribution is -2.38. The van der Waals surface area contributed by atoms with Gasteiger partial charge in [0.15, 0.2) is 0 Å². The largest absolute Gasteiger partial charge is 0.452 e. The maximum atomic E-state index is 11.6. The van der Waals surface area contributed by atoms with Crippen molar-refractivity contribution in [2.45, 2.75) is 0 Å². The molecule has 2 N–H and O–H groups in total. The quantitative estimate of drug-likeness (QED) is 0.835. The summed E-state index contributed by atoms with van der Waals surface area (Å²) < 4.78 is 5.54. The SMILES string of the molecule is COC(=O)N1CCN=C1Nc1ccc2[nH]cnc2c1Br. The van der Waals surface area contributed by atoms with E-state index in [9.17, 15) is 4.79 Å². The Labute approximate surface area is 123 Å². The van der Waals surface area contributed by atoms with Crippen LogP contribution in [0.2, 0.25) is 0 Å². The van der Waals surface area contributed by atoms with Gasteiger partial charge < -0.3 is 15.0 Å². The first-order valence-corrected chi connectivity index (χ1v) is 6.78. The Morgan fingerprint density at radius 2 is 2.40 bits per heavy atom. The lowest BCUT2D eigenvalue weighted by molar-refractivity contribution is 0.148. The smallest absolute Gasteiger partial charge is 0.416 e. The molecule has 0 saturated heterocycles. The van der Waals surface area contributed by atoms with Gasteiger partial charge in [-0.15, -0.1) is 0 Å². The average Bonchev–Trinajstić information content (AvgIpc) is 3.10. The average molecular weight is 338 g/mol. The Hall–Kier alpha value is -2.09. The van der Waals surface area contributed by atoms with Crippen molar-refractivity contribution in [1.82, 2.24) is 14.9 Å². The zero-order valence-electron chi connectivity index (χ0n) is 10.7. The number of aromatic nitrogens is 2. The second-order valence-electron chi connectivity index (χ2n) is 4.18. The number of imidazole rings is 1. The Bertz CT molecular complexity index is 696. The number of hydrogen-bond acceptors (Lipinski definition) is 5. The highest BCUT2D eigenvalue weighted by atomic mass is 79.9. The second-order valence-corrected chi connectivity index (χ2v) is 4.97. The van der Waals surface area contributed by atoms with Gasteiger partial charge in [-0.25, -0.2) is 14.7 Å². The number of carbonyl (C=O) groups is 1. The molecular formula is C12H12BrN5O2. The van der Waals surface area contributed by atoms with Crippen molar-refractivity contribution < 1.29 is 9.53 Å². The van der Waals surface area contributed by atoms with E-state index in [1.54, 1.807) is 6.33 Å². The summed E-state index contributed by atoms with van der Waals surface area (Å²) in [6.45, 7) is 1.07. The van der Waals surface area contributed by atoms with Crippen molar-refractivity contribution in [1.29, 1.82) is 0 Å².